The molecule has 2 aromatic rings. The second kappa shape index (κ2) is 22.6. The Morgan fingerprint density at radius 2 is 1.23 bits per heavy atom. The van der Waals surface area contributed by atoms with E-state index in [2.05, 4.69) is 5.32 Å². The second-order valence-electron chi connectivity index (χ2n) is 15.9. The van der Waals surface area contributed by atoms with E-state index in [1.165, 1.54) is 58.0 Å². The topological polar surface area (TPSA) is 83.1 Å². The highest BCUT2D eigenvalue weighted by Crippen LogP contribution is 2.64. The third-order valence-electron chi connectivity index (χ3n) is 10.6. The van der Waals surface area contributed by atoms with Gasteiger partial charge in [-0.3, -0.25) is 5.32 Å². The summed E-state index contributed by atoms with van der Waals surface area (Å²) >= 11 is 0. The van der Waals surface area contributed by atoms with Gasteiger partial charge in [0.15, 0.2) is 8.32 Å². The van der Waals surface area contributed by atoms with Gasteiger partial charge in [0.1, 0.15) is 30.1 Å². The van der Waals surface area contributed by atoms with Crippen molar-refractivity contribution in [2.24, 2.45) is 0 Å². The molecule has 1 N–H and O–H groups in total. The number of carbonyl (C=O) groups is 2. The highest BCUT2D eigenvalue weighted by atomic mass is 28.4. The Bertz CT molecular complexity index is 2090. The third kappa shape index (κ3) is 13.2. The van der Waals surface area contributed by atoms with Gasteiger partial charge in [-0.25, -0.2) is 18.4 Å². The average molecular weight is 1050 g/mol. The monoisotopic (exact) mass is 1050 g/mol. The summed E-state index contributed by atoms with van der Waals surface area (Å²) in [5, 5.41) is 2.14. The number of benzene rings is 2. The van der Waals surface area contributed by atoms with Crippen LogP contribution in [0.4, 0.5) is 93.9 Å². The van der Waals surface area contributed by atoms with E-state index < -0.39 is 128 Å². The minimum atomic E-state index is -8.72. The average Bonchev–Trinajstić information content (AvgIpc) is 3.21. The van der Waals surface area contributed by atoms with Crippen molar-refractivity contribution in [1.82, 2.24) is 0 Å². The van der Waals surface area contributed by atoms with Crippen LogP contribution in [0.3, 0.4) is 0 Å². The number of allylic oxidation sites excluding steroid dienone is 3. The lowest BCUT2D eigenvalue weighted by molar-refractivity contribution is -0.461. The number of carbonyl (C=O) groups excluding carboxylic acids is 2. The summed E-state index contributed by atoms with van der Waals surface area (Å²) < 4.78 is 285. The predicted octanol–water partition coefficient (Wildman–Crippen LogP) is 14.7. The number of rotatable bonds is 25. The molecule has 0 unspecified atom stereocenters. The molecule has 1 atom stereocenters. The zero-order valence-electron chi connectivity index (χ0n) is 37.1. The molecule has 0 aliphatic heterocycles. The van der Waals surface area contributed by atoms with Gasteiger partial charge in [-0.1, -0.05) is 52.0 Å². The van der Waals surface area contributed by atoms with Crippen molar-refractivity contribution < 1.29 is 112 Å². The molecule has 2 rings (SSSR count). The Morgan fingerprint density at radius 1 is 0.710 bits per heavy atom. The van der Waals surface area contributed by atoms with Crippen molar-refractivity contribution in [3.63, 3.8) is 0 Å². The first-order chi connectivity index (χ1) is 31.3. The van der Waals surface area contributed by atoms with Crippen LogP contribution in [0.1, 0.15) is 72.5 Å². The molecule has 0 aliphatic carbocycles. The van der Waals surface area contributed by atoms with E-state index in [4.69, 9.17) is 18.6 Å². The number of esters is 1. The standard InChI is InChI=1S/C42H46F19NO6Si/c1-7-65-33(63)22-26(6)10-8-9-11-32(68-34(64)62-31-17-14-28(43)23-30(31)44)27-12-15-29(16-13-27)66-19-20-67-69(24(2)3,25(4)5)21-18-35(45,46)36(47,48)37(49,50)38(51,52)39(53,54)40(55,56)41(57,58)42(59,60)61/h8,10,12-17,22-25,32H,7,9,11,18-21H2,1-6H3,(H,62,64)/b10-8+,26-22+/t32-/m0/s1. The van der Waals surface area contributed by atoms with Gasteiger partial charge in [0.2, 0.25) is 0 Å². The van der Waals surface area contributed by atoms with Crippen LogP contribution in [0.2, 0.25) is 17.1 Å². The molecule has 2 aromatic carbocycles. The van der Waals surface area contributed by atoms with Gasteiger partial charge in [0.25, 0.3) is 0 Å². The van der Waals surface area contributed by atoms with E-state index in [0.29, 0.717) is 17.2 Å². The number of amides is 1. The van der Waals surface area contributed by atoms with E-state index in [-0.39, 0.29) is 25.2 Å². The Labute approximate surface area is 383 Å². The summed E-state index contributed by atoms with van der Waals surface area (Å²) in [6, 6.07) is 6.45. The van der Waals surface area contributed by atoms with Crippen LogP contribution >= 0.6 is 0 Å². The molecule has 7 nitrogen and oxygen atoms in total. The Hall–Kier alpha value is -4.69. The Morgan fingerprint density at radius 3 is 1.72 bits per heavy atom. The van der Waals surface area contributed by atoms with Crippen molar-refractivity contribution in [2.45, 2.75) is 132 Å². The van der Waals surface area contributed by atoms with Gasteiger partial charge in [0.05, 0.1) is 18.9 Å². The van der Waals surface area contributed by atoms with Crippen molar-refractivity contribution in [3.05, 3.63) is 83.5 Å². The molecule has 0 heterocycles. The Kier molecular flexibility index (Phi) is 19.8. The van der Waals surface area contributed by atoms with Crippen LogP contribution in [0.25, 0.3) is 0 Å². The van der Waals surface area contributed by atoms with Gasteiger partial charge < -0.3 is 18.6 Å². The molecule has 392 valence electrons. The molecule has 0 saturated carbocycles. The maximum atomic E-state index is 15.0. The van der Waals surface area contributed by atoms with Gasteiger partial charge in [0, 0.05) is 18.6 Å². The van der Waals surface area contributed by atoms with E-state index in [1.54, 1.807) is 26.0 Å². The lowest BCUT2D eigenvalue weighted by Gasteiger charge is -2.44. The molecular weight excluding hydrogens is 1000 g/mol. The van der Waals surface area contributed by atoms with Gasteiger partial charge in [-0.2, -0.15) is 74.6 Å². The van der Waals surface area contributed by atoms with E-state index in [0.717, 1.165) is 12.1 Å². The maximum absolute atomic E-state index is 15.0. The van der Waals surface area contributed by atoms with E-state index in [1.807, 2.05) is 0 Å². The molecule has 0 fully saturated rings. The van der Waals surface area contributed by atoms with Gasteiger partial charge in [-0.05, 0) is 79.2 Å². The van der Waals surface area contributed by atoms with Crippen molar-refractivity contribution in [1.29, 1.82) is 0 Å². The summed E-state index contributed by atoms with van der Waals surface area (Å²) in [4.78, 5) is 24.5. The smallest absolute Gasteiger partial charge is 0.460 e. The molecule has 27 heteroatoms. The number of hydrogen-bond donors (Lipinski definition) is 1. The molecule has 69 heavy (non-hydrogen) atoms. The van der Waals surface area contributed by atoms with Crippen LogP contribution in [0.15, 0.2) is 66.3 Å². The highest BCUT2D eigenvalue weighted by molar-refractivity contribution is 6.76. The summed E-state index contributed by atoms with van der Waals surface area (Å²) in [6.07, 6.45) is -7.90. The first-order valence-corrected chi connectivity index (χ1v) is 22.6. The quantitative estimate of drug-likeness (QED) is 0.0266. The summed E-state index contributed by atoms with van der Waals surface area (Å²) in [5.41, 5.74) is -1.42. The molecule has 0 spiro atoms. The number of anilines is 1. The lowest BCUT2D eigenvalue weighted by atomic mass is 9.88. The normalized spacial score (nSPS) is 14.7. The van der Waals surface area contributed by atoms with Crippen molar-refractivity contribution in [2.75, 3.05) is 25.1 Å². The largest absolute Gasteiger partial charge is 0.491 e. The SMILES string of the molecule is CCOC(=O)/C=C(C)/C=C/CC[C@H](OC(=O)Nc1ccc(F)cc1F)c1ccc(OCCO[Si](CCC(F)(F)C(F)(F)C(F)(F)C(F)(F)C(F)(F)C(F)(F)C(F)(F)C(F)(F)F)(C(C)C)C(C)C)cc1. The Balaban J connectivity index is 2.29. The van der Waals surface area contributed by atoms with Crippen LogP contribution in [-0.4, -0.2) is 87.8 Å². The molecule has 0 radical (unpaired) electrons. The zero-order chi connectivity index (χ0) is 53.4. The fraction of sp³-hybridized carbons (Fsp3) is 0.571. The molecular formula is C42H46F19NO6Si. The molecule has 0 bridgehead atoms. The molecule has 0 aromatic heterocycles. The van der Waals surface area contributed by atoms with Crippen molar-refractivity contribution in [3.8, 4) is 5.75 Å². The summed E-state index contributed by atoms with van der Waals surface area (Å²) in [5.74, 6) is -59.6. The van der Waals surface area contributed by atoms with E-state index in [9.17, 15) is 84.2 Å². The number of hydrogen-bond acceptors (Lipinski definition) is 6. The van der Waals surface area contributed by atoms with Crippen LogP contribution in [0.5, 0.6) is 5.75 Å². The van der Waals surface area contributed by atoms with Crippen LogP contribution < -0.4 is 10.1 Å². The zero-order valence-corrected chi connectivity index (χ0v) is 38.1. The number of nitrogens with one attached hydrogen (secondary N) is 1. The highest BCUT2D eigenvalue weighted by Gasteiger charge is 2.95. The minimum Gasteiger partial charge on any atom is -0.491 e. The maximum Gasteiger partial charge on any atom is 0.460 e. The van der Waals surface area contributed by atoms with Crippen LogP contribution in [0, 0.1) is 11.6 Å². The fourth-order valence-corrected chi connectivity index (χ4v) is 11.1. The second-order valence-corrected chi connectivity index (χ2v) is 21.0. The molecule has 0 saturated heterocycles. The fourth-order valence-electron chi connectivity index (χ4n) is 6.61. The lowest BCUT2D eigenvalue weighted by Crippen LogP contribution is -2.74. The summed E-state index contributed by atoms with van der Waals surface area (Å²) in [7, 11) is -4.05. The third-order valence-corrected chi connectivity index (χ3v) is 16.3. The number of ether oxygens (including phenoxy) is 3. The van der Waals surface area contributed by atoms with Gasteiger partial charge >= 0.3 is 59.7 Å². The number of halogens is 19. The van der Waals surface area contributed by atoms with Gasteiger partial charge in [-0.15, -0.1) is 0 Å². The minimum absolute atomic E-state index is 0.0598. The predicted molar refractivity (Wildman–Crippen MR) is 212 cm³/mol. The molecule has 0 aliphatic rings. The van der Waals surface area contributed by atoms with E-state index >= 15 is 8.78 Å². The first-order valence-electron chi connectivity index (χ1n) is 20.3. The first kappa shape index (κ1) is 60.4. The summed E-state index contributed by atoms with van der Waals surface area (Å²) in [6.45, 7) is 7.49. The molecule has 1 amide bonds. The number of alkyl halides is 17. The van der Waals surface area contributed by atoms with Crippen molar-refractivity contribution >= 4 is 26.1 Å². The van der Waals surface area contributed by atoms with Crippen LogP contribution in [-0.2, 0) is 18.7 Å².